The molecule has 1 heterocycles. The minimum absolute atomic E-state index is 0.371. The molecule has 0 spiro atoms. The second kappa shape index (κ2) is 6.46. The van der Waals surface area contributed by atoms with Crippen LogP contribution in [0.25, 0.3) is 0 Å². The van der Waals surface area contributed by atoms with Crippen LogP contribution in [0.3, 0.4) is 0 Å². The highest BCUT2D eigenvalue weighted by atomic mass is 35.5. The zero-order valence-corrected chi connectivity index (χ0v) is 12.8. The van der Waals surface area contributed by atoms with Crippen molar-refractivity contribution in [1.29, 1.82) is 0 Å². The Kier molecular flexibility index (Phi) is 4.42. The molecule has 0 aliphatic heterocycles. The number of aromatic nitrogens is 1. The summed E-state index contributed by atoms with van der Waals surface area (Å²) in [5, 5.41) is 4.40. The molecule has 1 aromatic heterocycles. The standard InChI is InChI=1S/C17H19ClN2O/c1-21-16-4-2-3-15(20-16)11-19-17(12-5-6-12)13-7-9-14(18)10-8-13/h2-4,7-10,12,17,19H,5-6,11H2,1H3. The lowest BCUT2D eigenvalue weighted by Crippen LogP contribution is -2.23. The minimum atomic E-state index is 0.371. The molecule has 1 unspecified atom stereocenters. The first-order valence-corrected chi connectivity index (χ1v) is 7.63. The summed E-state index contributed by atoms with van der Waals surface area (Å²) in [6.45, 7) is 0.737. The van der Waals surface area contributed by atoms with E-state index >= 15 is 0 Å². The number of nitrogens with zero attached hydrogens (tertiary/aromatic N) is 1. The lowest BCUT2D eigenvalue weighted by Gasteiger charge is -2.19. The Bertz CT molecular complexity index is 596. The molecule has 3 nitrogen and oxygen atoms in total. The van der Waals surface area contributed by atoms with Crippen LogP contribution in [0.5, 0.6) is 5.88 Å². The van der Waals surface area contributed by atoms with Gasteiger partial charge in [0, 0.05) is 23.7 Å². The molecule has 1 N–H and O–H groups in total. The van der Waals surface area contributed by atoms with Crippen LogP contribution < -0.4 is 10.1 Å². The van der Waals surface area contributed by atoms with Crippen LogP contribution in [0, 0.1) is 5.92 Å². The van der Waals surface area contributed by atoms with Crippen LogP contribution in [-0.2, 0) is 6.54 Å². The van der Waals surface area contributed by atoms with E-state index in [2.05, 4.69) is 22.4 Å². The van der Waals surface area contributed by atoms with E-state index < -0.39 is 0 Å². The molecule has 0 bridgehead atoms. The van der Waals surface area contributed by atoms with Gasteiger partial charge in [-0.1, -0.05) is 29.8 Å². The normalized spacial score (nSPS) is 15.7. The van der Waals surface area contributed by atoms with Crippen molar-refractivity contribution >= 4 is 11.6 Å². The number of benzene rings is 1. The molecule has 1 fully saturated rings. The topological polar surface area (TPSA) is 34.1 Å². The number of halogens is 1. The Morgan fingerprint density at radius 1 is 1.24 bits per heavy atom. The van der Waals surface area contributed by atoms with Crippen molar-refractivity contribution in [2.45, 2.75) is 25.4 Å². The molecule has 21 heavy (non-hydrogen) atoms. The van der Waals surface area contributed by atoms with Gasteiger partial charge >= 0.3 is 0 Å². The first-order chi connectivity index (χ1) is 10.3. The largest absolute Gasteiger partial charge is 0.481 e. The van der Waals surface area contributed by atoms with E-state index in [0.717, 1.165) is 23.2 Å². The molecule has 0 amide bonds. The second-order valence-corrected chi connectivity index (χ2v) is 5.86. The van der Waals surface area contributed by atoms with E-state index in [9.17, 15) is 0 Å². The Morgan fingerprint density at radius 2 is 2.00 bits per heavy atom. The van der Waals surface area contributed by atoms with Crippen molar-refractivity contribution in [3.63, 3.8) is 0 Å². The summed E-state index contributed by atoms with van der Waals surface area (Å²) < 4.78 is 5.17. The first kappa shape index (κ1) is 14.4. The molecule has 0 radical (unpaired) electrons. The SMILES string of the molecule is COc1cccc(CNC(c2ccc(Cl)cc2)C2CC2)n1. The number of ether oxygens (including phenoxy) is 1. The van der Waals surface area contributed by atoms with E-state index in [0.29, 0.717) is 11.9 Å². The average molecular weight is 303 g/mol. The molecule has 1 atom stereocenters. The maximum Gasteiger partial charge on any atom is 0.213 e. The fraction of sp³-hybridized carbons (Fsp3) is 0.353. The lowest BCUT2D eigenvalue weighted by atomic mass is 10.0. The molecule has 1 aliphatic rings. The smallest absolute Gasteiger partial charge is 0.213 e. The van der Waals surface area contributed by atoms with Crippen molar-refractivity contribution < 1.29 is 4.74 Å². The predicted octanol–water partition coefficient (Wildman–Crippen LogP) is 3.98. The maximum absolute atomic E-state index is 5.97. The molecule has 4 heteroatoms. The lowest BCUT2D eigenvalue weighted by molar-refractivity contribution is 0.394. The number of hydrogen-bond acceptors (Lipinski definition) is 3. The molecule has 2 aromatic rings. The first-order valence-electron chi connectivity index (χ1n) is 7.25. The van der Waals surface area contributed by atoms with Crippen LogP contribution in [0.2, 0.25) is 5.02 Å². The third-order valence-corrected chi connectivity index (χ3v) is 4.07. The van der Waals surface area contributed by atoms with Gasteiger partial charge in [-0.2, -0.15) is 0 Å². The quantitative estimate of drug-likeness (QED) is 0.876. The predicted molar refractivity (Wildman–Crippen MR) is 84.5 cm³/mol. The molecule has 110 valence electrons. The average Bonchev–Trinajstić information content (AvgIpc) is 3.34. The Hall–Kier alpha value is -1.58. The second-order valence-electron chi connectivity index (χ2n) is 5.42. The van der Waals surface area contributed by atoms with E-state index in [1.807, 2.05) is 30.3 Å². The highest BCUT2D eigenvalue weighted by Gasteiger charge is 2.31. The fourth-order valence-electron chi connectivity index (χ4n) is 2.54. The van der Waals surface area contributed by atoms with Gasteiger partial charge in [0.05, 0.1) is 12.8 Å². The van der Waals surface area contributed by atoms with Gasteiger partial charge in [-0.3, -0.25) is 0 Å². The zero-order chi connectivity index (χ0) is 14.7. The number of nitrogens with one attached hydrogen (secondary N) is 1. The summed E-state index contributed by atoms with van der Waals surface area (Å²) in [4.78, 5) is 4.44. The van der Waals surface area contributed by atoms with Gasteiger partial charge in [-0.15, -0.1) is 0 Å². The van der Waals surface area contributed by atoms with E-state index in [1.54, 1.807) is 7.11 Å². The molecular weight excluding hydrogens is 284 g/mol. The monoisotopic (exact) mass is 302 g/mol. The fourth-order valence-corrected chi connectivity index (χ4v) is 2.67. The van der Waals surface area contributed by atoms with E-state index in [-0.39, 0.29) is 0 Å². The molecule has 1 aliphatic carbocycles. The Morgan fingerprint density at radius 3 is 2.67 bits per heavy atom. The summed E-state index contributed by atoms with van der Waals surface area (Å²) >= 11 is 5.97. The van der Waals surface area contributed by atoms with Gasteiger partial charge in [-0.05, 0) is 42.5 Å². The molecule has 1 aromatic carbocycles. The highest BCUT2D eigenvalue weighted by Crippen LogP contribution is 2.41. The van der Waals surface area contributed by atoms with Crippen molar-refractivity contribution in [3.8, 4) is 5.88 Å². The van der Waals surface area contributed by atoms with E-state index in [1.165, 1.54) is 18.4 Å². The van der Waals surface area contributed by atoms with Crippen molar-refractivity contribution in [1.82, 2.24) is 10.3 Å². The number of hydrogen-bond donors (Lipinski definition) is 1. The van der Waals surface area contributed by atoms with E-state index in [4.69, 9.17) is 16.3 Å². The highest BCUT2D eigenvalue weighted by molar-refractivity contribution is 6.30. The van der Waals surface area contributed by atoms with Gasteiger partial charge in [0.25, 0.3) is 0 Å². The summed E-state index contributed by atoms with van der Waals surface area (Å²) in [5.74, 6) is 1.38. The Labute approximate surface area is 130 Å². The summed E-state index contributed by atoms with van der Waals surface area (Å²) in [6.07, 6.45) is 2.57. The van der Waals surface area contributed by atoms with Crippen LogP contribution >= 0.6 is 11.6 Å². The molecule has 1 saturated carbocycles. The van der Waals surface area contributed by atoms with Crippen LogP contribution in [0.1, 0.15) is 30.1 Å². The van der Waals surface area contributed by atoms with Crippen LogP contribution in [-0.4, -0.2) is 12.1 Å². The minimum Gasteiger partial charge on any atom is -0.481 e. The van der Waals surface area contributed by atoms with Gasteiger partial charge in [-0.25, -0.2) is 4.98 Å². The van der Waals surface area contributed by atoms with Gasteiger partial charge in [0.15, 0.2) is 0 Å². The van der Waals surface area contributed by atoms with Crippen LogP contribution in [0.4, 0.5) is 0 Å². The summed E-state index contributed by atoms with van der Waals surface area (Å²) in [6, 6.07) is 14.3. The number of pyridine rings is 1. The number of methoxy groups -OCH3 is 1. The van der Waals surface area contributed by atoms with Crippen LogP contribution in [0.15, 0.2) is 42.5 Å². The van der Waals surface area contributed by atoms with Crippen molar-refractivity contribution in [2.75, 3.05) is 7.11 Å². The summed E-state index contributed by atoms with van der Waals surface area (Å²) in [7, 11) is 1.64. The molecule has 3 rings (SSSR count). The molecular formula is C17H19ClN2O. The van der Waals surface area contributed by atoms with Gasteiger partial charge in [0.1, 0.15) is 0 Å². The molecule has 0 saturated heterocycles. The van der Waals surface area contributed by atoms with Crippen molar-refractivity contribution in [3.05, 3.63) is 58.7 Å². The third kappa shape index (κ3) is 3.74. The third-order valence-electron chi connectivity index (χ3n) is 3.82. The number of rotatable bonds is 6. The van der Waals surface area contributed by atoms with Crippen molar-refractivity contribution in [2.24, 2.45) is 5.92 Å². The summed E-state index contributed by atoms with van der Waals surface area (Å²) in [5.41, 5.74) is 2.29. The Balaban J connectivity index is 1.69. The maximum atomic E-state index is 5.97. The van der Waals surface area contributed by atoms with Gasteiger partial charge < -0.3 is 10.1 Å². The zero-order valence-electron chi connectivity index (χ0n) is 12.1. The van der Waals surface area contributed by atoms with Gasteiger partial charge in [0.2, 0.25) is 5.88 Å².